The van der Waals surface area contributed by atoms with E-state index in [2.05, 4.69) is 5.32 Å². The van der Waals surface area contributed by atoms with Crippen LogP contribution in [0.15, 0.2) is 42.5 Å². The number of hydrogen-bond donors (Lipinski definition) is 1. The van der Waals surface area contributed by atoms with E-state index in [-0.39, 0.29) is 11.4 Å². The lowest BCUT2D eigenvalue weighted by atomic mass is 10.1. The molecule has 0 bridgehead atoms. The van der Waals surface area contributed by atoms with E-state index in [1.165, 1.54) is 19.1 Å². The van der Waals surface area contributed by atoms with Gasteiger partial charge in [-0.3, -0.25) is 19.2 Å². The van der Waals surface area contributed by atoms with E-state index in [9.17, 15) is 23.3 Å². The molecule has 162 valence electrons. The number of nitro groups is 1. The lowest BCUT2D eigenvalue weighted by molar-refractivity contribution is -0.384. The molecule has 0 aliphatic rings. The Kier molecular flexibility index (Phi) is 7.38. The molecule has 0 fully saturated rings. The molecule has 0 radical (unpaired) electrons. The highest BCUT2D eigenvalue weighted by Crippen LogP contribution is 2.29. The first kappa shape index (κ1) is 23.1. The molecule has 0 aromatic heterocycles. The van der Waals surface area contributed by atoms with Gasteiger partial charge in [0, 0.05) is 18.7 Å². The summed E-state index contributed by atoms with van der Waals surface area (Å²) >= 11 is 0. The number of carbonyl (C=O) groups excluding carboxylic acids is 1. The van der Waals surface area contributed by atoms with E-state index >= 15 is 0 Å². The molecule has 0 saturated carbocycles. The average Bonchev–Trinajstić information content (AvgIpc) is 2.68. The summed E-state index contributed by atoms with van der Waals surface area (Å²) < 4.78 is 30.9. The molecule has 0 aliphatic heterocycles. The predicted molar refractivity (Wildman–Crippen MR) is 114 cm³/mol. The molecule has 0 saturated heterocycles. The Morgan fingerprint density at radius 3 is 2.40 bits per heavy atom. The maximum atomic E-state index is 12.7. The first-order chi connectivity index (χ1) is 14.0. The quantitative estimate of drug-likeness (QED) is 0.477. The van der Waals surface area contributed by atoms with Gasteiger partial charge in [-0.25, -0.2) is 8.42 Å². The third-order valence-electron chi connectivity index (χ3n) is 4.60. The number of sulfonamides is 1. The van der Waals surface area contributed by atoms with Crippen molar-refractivity contribution in [1.29, 1.82) is 0 Å². The van der Waals surface area contributed by atoms with E-state index in [4.69, 9.17) is 4.74 Å². The highest BCUT2D eigenvalue weighted by molar-refractivity contribution is 7.92. The molecule has 2 aromatic rings. The fourth-order valence-corrected chi connectivity index (χ4v) is 4.22. The lowest BCUT2D eigenvalue weighted by Gasteiger charge is -2.29. The Balaban J connectivity index is 2.17. The lowest BCUT2D eigenvalue weighted by Crippen LogP contribution is -2.48. The van der Waals surface area contributed by atoms with Gasteiger partial charge in [0.25, 0.3) is 5.69 Å². The van der Waals surface area contributed by atoms with Crippen molar-refractivity contribution >= 4 is 27.3 Å². The van der Waals surface area contributed by atoms with Crippen LogP contribution in [0.1, 0.15) is 18.1 Å². The third-order valence-corrected chi connectivity index (χ3v) is 5.83. The van der Waals surface area contributed by atoms with Crippen molar-refractivity contribution in [3.05, 3.63) is 63.7 Å². The summed E-state index contributed by atoms with van der Waals surface area (Å²) in [5, 5.41) is 13.8. The number of methoxy groups -OCH3 is 1. The number of nitrogens with zero attached hydrogens (tertiary/aromatic N) is 2. The SMILES string of the molecule is COc1ccc(CCNC(=O)C(C)N(c2cc([N+](=O)[O-])ccc2C)S(C)(=O)=O)cc1. The Hall–Kier alpha value is -3.14. The zero-order valence-corrected chi connectivity index (χ0v) is 18.1. The van der Waals surface area contributed by atoms with Crippen LogP contribution >= 0.6 is 0 Å². The smallest absolute Gasteiger partial charge is 0.271 e. The molecule has 1 N–H and O–H groups in total. The van der Waals surface area contributed by atoms with Crippen molar-refractivity contribution in [2.75, 3.05) is 24.2 Å². The maximum absolute atomic E-state index is 12.7. The van der Waals surface area contributed by atoms with Gasteiger partial charge >= 0.3 is 0 Å². The number of ether oxygens (including phenoxy) is 1. The van der Waals surface area contributed by atoms with Gasteiger partial charge in [-0.1, -0.05) is 18.2 Å². The number of nitrogens with one attached hydrogen (secondary N) is 1. The molecule has 2 aromatic carbocycles. The van der Waals surface area contributed by atoms with E-state index < -0.39 is 26.9 Å². The van der Waals surface area contributed by atoms with E-state index in [0.29, 0.717) is 18.5 Å². The molecular weight excluding hydrogens is 410 g/mol. The first-order valence-corrected chi connectivity index (χ1v) is 11.0. The molecule has 1 unspecified atom stereocenters. The van der Waals surface area contributed by atoms with Crippen LogP contribution in [-0.2, 0) is 21.2 Å². The average molecular weight is 436 g/mol. The van der Waals surface area contributed by atoms with Crippen molar-refractivity contribution < 1.29 is 22.9 Å². The molecule has 0 heterocycles. The summed E-state index contributed by atoms with van der Waals surface area (Å²) in [6, 6.07) is 10.2. The Bertz CT molecular complexity index is 1020. The van der Waals surface area contributed by atoms with Crippen molar-refractivity contribution in [3.63, 3.8) is 0 Å². The summed E-state index contributed by atoms with van der Waals surface area (Å²) in [6.45, 7) is 3.38. The molecule has 10 heteroatoms. The van der Waals surface area contributed by atoms with E-state index in [1.54, 1.807) is 14.0 Å². The van der Waals surface area contributed by atoms with E-state index in [1.807, 2.05) is 24.3 Å². The minimum atomic E-state index is -3.88. The second-order valence-corrected chi connectivity index (χ2v) is 8.71. The molecule has 1 atom stereocenters. The van der Waals surface area contributed by atoms with Crippen LogP contribution in [0.4, 0.5) is 11.4 Å². The molecule has 0 spiro atoms. The maximum Gasteiger partial charge on any atom is 0.271 e. The van der Waals surface area contributed by atoms with Crippen LogP contribution in [0.5, 0.6) is 5.75 Å². The molecule has 9 nitrogen and oxygen atoms in total. The topological polar surface area (TPSA) is 119 Å². The number of aryl methyl sites for hydroxylation is 1. The Morgan fingerprint density at radius 2 is 1.87 bits per heavy atom. The summed E-state index contributed by atoms with van der Waals surface area (Å²) in [5.74, 6) is 0.229. The van der Waals surface area contributed by atoms with Crippen molar-refractivity contribution in [1.82, 2.24) is 5.32 Å². The number of benzene rings is 2. The predicted octanol–water partition coefficient (Wildman–Crippen LogP) is 2.43. The standard InChI is InChI=1S/C20H25N3O6S/c1-14-5-8-17(23(25)26)13-19(14)22(30(4,27)28)15(2)20(24)21-12-11-16-6-9-18(29-3)10-7-16/h5-10,13,15H,11-12H2,1-4H3,(H,21,24). The number of hydrogen-bond acceptors (Lipinski definition) is 6. The normalized spacial score (nSPS) is 12.1. The minimum absolute atomic E-state index is 0.101. The number of anilines is 1. The van der Waals surface area contributed by atoms with Gasteiger partial charge in [0.1, 0.15) is 11.8 Å². The van der Waals surface area contributed by atoms with Crippen LogP contribution in [-0.4, -0.2) is 45.2 Å². The summed E-state index contributed by atoms with van der Waals surface area (Å²) in [4.78, 5) is 23.2. The number of rotatable bonds is 9. The molecule has 2 rings (SSSR count). The number of carbonyl (C=O) groups is 1. The largest absolute Gasteiger partial charge is 0.497 e. The summed E-state index contributed by atoms with van der Waals surface area (Å²) in [5.41, 5.74) is 1.34. The highest BCUT2D eigenvalue weighted by Gasteiger charge is 2.31. The van der Waals surface area contributed by atoms with Crippen LogP contribution in [0.3, 0.4) is 0 Å². The van der Waals surface area contributed by atoms with Crippen LogP contribution in [0.25, 0.3) is 0 Å². The van der Waals surface area contributed by atoms with Crippen molar-refractivity contribution in [2.24, 2.45) is 0 Å². The molecule has 30 heavy (non-hydrogen) atoms. The fraction of sp³-hybridized carbons (Fsp3) is 0.350. The van der Waals surface area contributed by atoms with Gasteiger partial charge in [0.15, 0.2) is 0 Å². The number of nitro benzene ring substituents is 1. The Morgan fingerprint density at radius 1 is 1.23 bits per heavy atom. The second-order valence-electron chi connectivity index (χ2n) is 6.85. The van der Waals surface area contributed by atoms with Gasteiger partial charge in [0.05, 0.1) is 24.0 Å². The zero-order chi connectivity index (χ0) is 22.5. The molecule has 0 aliphatic carbocycles. The first-order valence-electron chi connectivity index (χ1n) is 9.19. The van der Waals surface area contributed by atoms with Gasteiger partial charge in [-0.2, -0.15) is 0 Å². The van der Waals surface area contributed by atoms with Gasteiger partial charge in [-0.05, 0) is 43.5 Å². The van der Waals surface area contributed by atoms with Gasteiger partial charge in [0.2, 0.25) is 15.9 Å². The summed E-state index contributed by atoms with van der Waals surface area (Å²) in [6.07, 6.45) is 1.52. The van der Waals surface area contributed by atoms with Gasteiger partial charge < -0.3 is 10.1 Å². The third kappa shape index (κ3) is 5.69. The number of non-ortho nitro benzene ring substituents is 1. The van der Waals surface area contributed by atoms with Crippen LogP contribution in [0, 0.1) is 17.0 Å². The molecular formula is C20H25N3O6S. The monoisotopic (exact) mass is 435 g/mol. The molecule has 1 amide bonds. The van der Waals surface area contributed by atoms with Crippen molar-refractivity contribution in [2.45, 2.75) is 26.3 Å². The van der Waals surface area contributed by atoms with E-state index in [0.717, 1.165) is 27.9 Å². The zero-order valence-electron chi connectivity index (χ0n) is 17.3. The minimum Gasteiger partial charge on any atom is -0.497 e. The van der Waals surface area contributed by atoms with Crippen LogP contribution in [0.2, 0.25) is 0 Å². The second kappa shape index (κ2) is 9.57. The van der Waals surface area contributed by atoms with Crippen molar-refractivity contribution in [3.8, 4) is 5.75 Å². The summed E-state index contributed by atoms with van der Waals surface area (Å²) in [7, 11) is -2.30. The van der Waals surface area contributed by atoms with Gasteiger partial charge in [-0.15, -0.1) is 0 Å². The van der Waals surface area contributed by atoms with Crippen LogP contribution < -0.4 is 14.4 Å². The fourth-order valence-electron chi connectivity index (χ4n) is 3.00. The Labute approximate surface area is 175 Å². The highest BCUT2D eigenvalue weighted by atomic mass is 32.2. The number of amides is 1.